The first-order valence-corrected chi connectivity index (χ1v) is 10.6. The number of benzene rings is 2. The summed E-state index contributed by atoms with van der Waals surface area (Å²) in [4.78, 5) is 14.9. The third kappa shape index (κ3) is 5.10. The molecule has 28 heavy (non-hydrogen) atoms. The summed E-state index contributed by atoms with van der Waals surface area (Å²) in [7, 11) is -3.25. The van der Waals surface area contributed by atoms with Crippen LogP contribution in [0.25, 0.3) is 0 Å². The molecule has 152 valence electrons. The number of hydrogen-bond acceptors (Lipinski definition) is 4. The van der Waals surface area contributed by atoms with Crippen LogP contribution in [-0.4, -0.2) is 44.6 Å². The van der Waals surface area contributed by atoms with Crippen LogP contribution in [0.3, 0.4) is 0 Å². The molecule has 8 heteroatoms. The molecule has 2 aromatic carbocycles. The Morgan fingerprint density at radius 3 is 2.57 bits per heavy atom. The molecule has 0 spiro atoms. The van der Waals surface area contributed by atoms with Crippen molar-refractivity contribution in [2.45, 2.75) is 24.3 Å². The SMILES string of the molecule is CCS(=O)(=O)c1ccc(CC(=O)N2CCNCC2c2cccc(F)c2)cc1.Cl. The molecule has 2 aromatic rings. The predicted molar refractivity (Wildman–Crippen MR) is 109 cm³/mol. The van der Waals surface area contributed by atoms with Crippen LogP contribution in [-0.2, 0) is 21.1 Å². The highest BCUT2D eigenvalue weighted by molar-refractivity contribution is 7.91. The topological polar surface area (TPSA) is 66.5 Å². The van der Waals surface area contributed by atoms with Crippen LogP contribution < -0.4 is 5.32 Å². The number of carbonyl (C=O) groups excluding carboxylic acids is 1. The molecule has 1 unspecified atom stereocenters. The van der Waals surface area contributed by atoms with Gasteiger partial charge >= 0.3 is 0 Å². The van der Waals surface area contributed by atoms with Gasteiger partial charge in [-0.3, -0.25) is 4.79 Å². The van der Waals surface area contributed by atoms with E-state index in [0.717, 1.165) is 11.1 Å². The number of rotatable bonds is 5. The van der Waals surface area contributed by atoms with Gasteiger partial charge in [-0.15, -0.1) is 12.4 Å². The smallest absolute Gasteiger partial charge is 0.227 e. The predicted octanol–water partition coefficient (Wildman–Crippen LogP) is 2.76. The fraction of sp³-hybridized carbons (Fsp3) is 0.350. The van der Waals surface area contributed by atoms with E-state index in [-0.39, 0.29) is 47.2 Å². The van der Waals surface area contributed by atoms with E-state index in [4.69, 9.17) is 0 Å². The third-order valence-corrected chi connectivity index (χ3v) is 6.57. The van der Waals surface area contributed by atoms with Crippen molar-refractivity contribution in [3.05, 3.63) is 65.5 Å². The van der Waals surface area contributed by atoms with Gasteiger partial charge < -0.3 is 10.2 Å². The van der Waals surface area contributed by atoms with Crippen LogP contribution in [0.2, 0.25) is 0 Å². The van der Waals surface area contributed by atoms with Crippen LogP contribution in [0.5, 0.6) is 0 Å². The summed E-state index contributed by atoms with van der Waals surface area (Å²) in [6.07, 6.45) is 0.179. The summed E-state index contributed by atoms with van der Waals surface area (Å²) < 4.78 is 37.4. The van der Waals surface area contributed by atoms with Crippen molar-refractivity contribution in [2.24, 2.45) is 0 Å². The van der Waals surface area contributed by atoms with Crippen LogP contribution >= 0.6 is 12.4 Å². The minimum absolute atomic E-state index is 0. The minimum Gasteiger partial charge on any atom is -0.333 e. The number of sulfone groups is 1. The van der Waals surface area contributed by atoms with Crippen LogP contribution in [0.1, 0.15) is 24.1 Å². The Labute approximate surface area is 171 Å². The van der Waals surface area contributed by atoms with Gasteiger partial charge in [-0.1, -0.05) is 31.2 Å². The molecule has 1 N–H and O–H groups in total. The normalized spacial score (nSPS) is 17.1. The molecule has 0 aliphatic carbocycles. The first kappa shape index (κ1) is 22.3. The molecule has 1 aliphatic rings. The van der Waals surface area contributed by atoms with Crippen molar-refractivity contribution >= 4 is 28.2 Å². The first-order valence-electron chi connectivity index (χ1n) is 8.98. The largest absolute Gasteiger partial charge is 0.333 e. The molecule has 3 rings (SSSR count). The summed E-state index contributed by atoms with van der Waals surface area (Å²) in [5, 5.41) is 3.25. The average Bonchev–Trinajstić information content (AvgIpc) is 2.68. The summed E-state index contributed by atoms with van der Waals surface area (Å²) in [6, 6.07) is 12.5. The number of halogens is 2. The van der Waals surface area contributed by atoms with Crippen LogP contribution in [0.15, 0.2) is 53.4 Å². The maximum Gasteiger partial charge on any atom is 0.227 e. The summed E-state index contributed by atoms with van der Waals surface area (Å²) >= 11 is 0. The van der Waals surface area contributed by atoms with E-state index in [9.17, 15) is 17.6 Å². The lowest BCUT2D eigenvalue weighted by atomic mass is 10.0. The number of amides is 1. The summed E-state index contributed by atoms with van der Waals surface area (Å²) in [5.41, 5.74) is 1.52. The molecule has 0 bridgehead atoms. The Hall–Kier alpha value is -1.96. The molecule has 1 saturated heterocycles. The zero-order chi connectivity index (χ0) is 19.4. The summed E-state index contributed by atoms with van der Waals surface area (Å²) in [5.74, 6) is -0.337. The van der Waals surface area contributed by atoms with Gasteiger partial charge in [-0.05, 0) is 35.4 Å². The van der Waals surface area contributed by atoms with Gasteiger partial charge in [0.05, 0.1) is 23.1 Å². The van der Waals surface area contributed by atoms with Crippen LogP contribution in [0, 0.1) is 5.82 Å². The quantitative estimate of drug-likeness (QED) is 0.798. The monoisotopic (exact) mass is 426 g/mol. The molecule has 0 saturated carbocycles. The molecular weight excluding hydrogens is 403 g/mol. The van der Waals surface area contributed by atoms with Gasteiger partial charge in [-0.25, -0.2) is 12.8 Å². The van der Waals surface area contributed by atoms with Crippen molar-refractivity contribution in [1.82, 2.24) is 10.2 Å². The minimum atomic E-state index is -3.25. The zero-order valence-corrected chi connectivity index (χ0v) is 17.2. The number of nitrogens with one attached hydrogen (secondary N) is 1. The Balaban J connectivity index is 0.00000280. The van der Waals surface area contributed by atoms with E-state index in [1.54, 1.807) is 42.2 Å². The highest BCUT2D eigenvalue weighted by Gasteiger charge is 2.28. The molecule has 1 aliphatic heterocycles. The summed E-state index contributed by atoms with van der Waals surface area (Å²) in [6.45, 7) is 3.40. The molecule has 1 fully saturated rings. The fourth-order valence-electron chi connectivity index (χ4n) is 3.27. The third-order valence-electron chi connectivity index (χ3n) is 4.82. The molecular formula is C20H24ClFN2O3S. The Kier molecular flexibility index (Phi) is 7.57. The number of hydrogen-bond donors (Lipinski definition) is 1. The van der Waals surface area contributed by atoms with E-state index >= 15 is 0 Å². The van der Waals surface area contributed by atoms with Crippen molar-refractivity contribution in [1.29, 1.82) is 0 Å². The molecule has 1 atom stereocenters. The van der Waals surface area contributed by atoms with E-state index in [2.05, 4.69) is 5.32 Å². The van der Waals surface area contributed by atoms with Gasteiger partial charge in [0.1, 0.15) is 5.82 Å². The van der Waals surface area contributed by atoms with E-state index in [1.807, 2.05) is 6.07 Å². The van der Waals surface area contributed by atoms with Gasteiger partial charge in [0.25, 0.3) is 0 Å². The lowest BCUT2D eigenvalue weighted by Crippen LogP contribution is -2.49. The standard InChI is InChI=1S/C20H23FN2O3S.ClH/c1-2-27(25,26)18-8-6-15(7-9-18)12-20(24)23-11-10-22-14-19(23)16-4-3-5-17(21)13-16;/h3-9,13,19,22H,2,10-12,14H2,1H3;1H. The Bertz CT molecular complexity index is 919. The van der Waals surface area contributed by atoms with E-state index < -0.39 is 9.84 Å². The van der Waals surface area contributed by atoms with E-state index in [1.165, 1.54) is 12.1 Å². The van der Waals surface area contributed by atoms with Crippen molar-refractivity contribution < 1.29 is 17.6 Å². The first-order chi connectivity index (χ1) is 12.9. The molecule has 1 heterocycles. The highest BCUT2D eigenvalue weighted by atomic mass is 35.5. The molecule has 5 nitrogen and oxygen atoms in total. The second kappa shape index (κ2) is 9.49. The van der Waals surface area contributed by atoms with Crippen molar-refractivity contribution in [3.63, 3.8) is 0 Å². The van der Waals surface area contributed by atoms with Gasteiger partial charge in [0, 0.05) is 19.6 Å². The van der Waals surface area contributed by atoms with Crippen LogP contribution in [0.4, 0.5) is 4.39 Å². The second-order valence-electron chi connectivity index (χ2n) is 6.59. The van der Waals surface area contributed by atoms with Gasteiger partial charge in [0.2, 0.25) is 5.91 Å². The maximum absolute atomic E-state index is 13.6. The Morgan fingerprint density at radius 2 is 1.93 bits per heavy atom. The number of piperazine rings is 1. The second-order valence-corrected chi connectivity index (χ2v) is 8.86. The molecule has 0 radical (unpaired) electrons. The number of carbonyl (C=O) groups is 1. The average molecular weight is 427 g/mol. The Morgan fingerprint density at radius 1 is 1.21 bits per heavy atom. The lowest BCUT2D eigenvalue weighted by Gasteiger charge is -2.36. The van der Waals surface area contributed by atoms with Crippen molar-refractivity contribution in [3.8, 4) is 0 Å². The van der Waals surface area contributed by atoms with Gasteiger partial charge in [-0.2, -0.15) is 0 Å². The highest BCUT2D eigenvalue weighted by Crippen LogP contribution is 2.24. The van der Waals surface area contributed by atoms with E-state index in [0.29, 0.717) is 19.6 Å². The molecule has 1 amide bonds. The molecule has 0 aromatic heterocycles. The lowest BCUT2D eigenvalue weighted by molar-refractivity contribution is -0.133. The van der Waals surface area contributed by atoms with Crippen molar-refractivity contribution in [2.75, 3.05) is 25.4 Å². The van der Waals surface area contributed by atoms with Gasteiger partial charge in [0.15, 0.2) is 9.84 Å². The zero-order valence-electron chi connectivity index (χ0n) is 15.6. The number of nitrogens with zero attached hydrogens (tertiary/aromatic N) is 1. The fourth-order valence-corrected chi connectivity index (χ4v) is 4.16. The maximum atomic E-state index is 13.6.